The minimum absolute atomic E-state index is 0.113. The number of benzene rings is 1. The van der Waals surface area contributed by atoms with Gasteiger partial charge in [-0.05, 0) is 24.7 Å². The number of hydrogen-bond acceptors (Lipinski definition) is 4. The van der Waals surface area contributed by atoms with Crippen LogP contribution in [-0.2, 0) is 16.1 Å². The maximum absolute atomic E-state index is 11.9. The first-order valence-corrected chi connectivity index (χ1v) is 5.82. The summed E-state index contributed by atoms with van der Waals surface area (Å²) in [5.74, 6) is 0.113. The molecule has 94 valence electrons. The molecule has 2 rings (SSSR count). The van der Waals surface area contributed by atoms with Gasteiger partial charge in [0.2, 0.25) is 12.0 Å². The number of aliphatic imine (C=N–C) groups is 1. The number of carbonyl (C=O) groups excluding carboxylic acids is 2. The van der Waals surface area contributed by atoms with Gasteiger partial charge in [-0.25, -0.2) is 9.79 Å². The normalized spacial score (nSPS) is 16.5. The number of piperazine rings is 1. The van der Waals surface area contributed by atoms with Crippen LogP contribution in [-0.4, -0.2) is 43.6 Å². The quantitative estimate of drug-likeness (QED) is 0.584. The maximum atomic E-state index is 11.9. The van der Waals surface area contributed by atoms with Crippen molar-refractivity contribution in [3.8, 4) is 0 Å². The fourth-order valence-corrected chi connectivity index (χ4v) is 1.97. The Morgan fingerprint density at radius 3 is 2.61 bits per heavy atom. The first-order chi connectivity index (χ1) is 8.70. The third kappa shape index (κ3) is 2.83. The number of hydrogen-bond donors (Lipinski definition) is 0. The van der Waals surface area contributed by atoms with Crippen LogP contribution in [0.3, 0.4) is 0 Å². The predicted molar refractivity (Wildman–Crippen MR) is 68.1 cm³/mol. The average Bonchev–Trinajstić information content (AvgIpc) is 2.37. The van der Waals surface area contributed by atoms with E-state index in [4.69, 9.17) is 0 Å². The van der Waals surface area contributed by atoms with E-state index in [9.17, 15) is 9.59 Å². The summed E-state index contributed by atoms with van der Waals surface area (Å²) in [6, 6.07) is 7.53. The number of amides is 1. The van der Waals surface area contributed by atoms with Gasteiger partial charge < -0.3 is 4.90 Å². The molecular formula is C13H15N3O2. The molecule has 0 radical (unpaired) electrons. The van der Waals surface area contributed by atoms with E-state index in [0.29, 0.717) is 19.6 Å². The summed E-state index contributed by atoms with van der Waals surface area (Å²) in [4.78, 5) is 29.2. The predicted octanol–water partition coefficient (Wildman–Crippen LogP) is 0.801. The fourth-order valence-electron chi connectivity index (χ4n) is 1.97. The molecule has 1 aliphatic rings. The third-order valence-corrected chi connectivity index (χ3v) is 2.99. The van der Waals surface area contributed by atoms with Gasteiger partial charge in [0.15, 0.2) is 0 Å². The highest BCUT2D eigenvalue weighted by Crippen LogP contribution is 2.18. The standard InChI is InChI=1S/C13H15N3O2/c1-15-6-7-16(13(18)9-15)12-4-2-11(3-5-12)8-14-10-17/h2-5H,6-9H2,1H3. The van der Waals surface area contributed by atoms with Gasteiger partial charge in [0, 0.05) is 18.8 Å². The molecule has 1 aliphatic heterocycles. The van der Waals surface area contributed by atoms with E-state index in [-0.39, 0.29) is 5.91 Å². The van der Waals surface area contributed by atoms with Gasteiger partial charge in [-0.15, -0.1) is 0 Å². The molecule has 0 aromatic heterocycles. The Bertz CT molecular complexity index is 478. The number of isocyanates is 1. The van der Waals surface area contributed by atoms with Crippen molar-refractivity contribution < 1.29 is 9.59 Å². The lowest BCUT2D eigenvalue weighted by atomic mass is 10.2. The molecular weight excluding hydrogens is 230 g/mol. The topological polar surface area (TPSA) is 53.0 Å². The van der Waals surface area contributed by atoms with Crippen molar-refractivity contribution in [2.75, 3.05) is 31.6 Å². The van der Waals surface area contributed by atoms with Crippen LogP contribution in [0, 0.1) is 0 Å². The zero-order valence-corrected chi connectivity index (χ0v) is 10.3. The lowest BCUT2D eigenvalue weighted by Gasteiger charge is -2.32. The second-order valence-corrected chi connectivity index (χ2v) is 4.36. The monoisotopic (exact) mass is 245 g/mol. The molecule has 0 spiro atoms. The lowest BCUT2D eigenvalue weighted by molar-refractivity contribution is -0.120. The summed E-state index contributed by atoms with van der Waals surface area (Å²) in [6.45, 7) is 2.38. The maximum Gasteiger partial charge on any atom is 0.241 e. The van der Waals surface area contributed by atoms with Gasteiger partial charge >= 0.3 is 0 Å². The molecule has 5 nitrogen and oxygen atoms in total. The van der Waals surface area contributed by atoms with E-state index >= 15 is 0 Å². The molecule has 0 atom stereocenters. The Morgan fingerprint density at radius 2 is 2.00 bits per heavy atom. The van der Waals surface area contributed by atoms with Gasteiger partial charge in [0.05, 0.1) is 13.1 Å². The fraction of sp³-hybridized carbons (Fsp3) is 0.385. The van der Waals surface area contributed by atoms with Crippen LogP contribution in [0.15, 0.2) is 29.3 Å². The lowest BCUT2D eigenvalue weighted by Crippen LogP contribution is -2.48. The number of likely N-dealkylation sites (N-methyl/N-ethyl adjacent to an activating group) is 1. The summed E-state index contributed by atoms with van der Waals surface area (Å²) in [5.41, 5.74) is 1.83. The van der Waals surface area contributed by atoms with Crippen molar-refractivity contribution in [1.82, 2.24) is 4.90 Å². The number of nitrogens with zero attached hydrogens (tertiary/aromatic N) is 3. The molecule has 0 saturated carbocycles. The minimum atomic E-state index is 0.113. The summed E-state index contributed by atoms with van der Waals surface area (Å²) < 4.78 is 0. The van der Waals surface area contributed by atoms with Crippen molar-refractivity contribution in [2.24, 2.45) is 4.99 Å². The van der Waals surface area contributed by atoms with E-state index in [0.717, 1.165) is 17.8 Å². The van der Waals surface area contributed by atoms with E-state index in [1.165, 1.54) is 6.08 Å². The Balaban J connectivity index is 2.09. The van der Waals surface area contributed by atoms with Crippen molar-refractivity contribution in [1.29, 1.82) is 0 Å². The Morgan fingerprint density at radius 1 is 1.28 bits per heavy atom. The number of anilines is 1. The Hall–Kier alpha value is -1.97. The highest BCUT2D eigenvalue weighted by molar-refractivity contribution is 5.95. The molecule has 0 unspecified atom stereocenters. The Kier molecular flexibility index (Phi) is 3.87. The van der Waals surface area contributed by atoms with Crippen LogP contribution in [0.1, 0.15) is 5.56 Å². The molecule has 1 heterocycles. The smallest absolute Gasteiger partial charge is 0.241 e. The molecule has 18 heavy (non-hydrogen) atoms. The summed E-state index contributed by atoms with van der Waals surface area (Å²) >= 11 is 0. The Labute approximate surface area is 106 Å². The molecule has 0 N–H and O–H groups in total. The van der Waals surface area contributed by atoms with E-state index < -0.39 is 0 Å². The molecule has 1 fully saturated rings. The van der Waals surface area contributed by atoms with Crippen molar-refractivity contribution >= 4 is 17.7 Å². The SMILES string of the molecule is CN1CCN(c2ccc(CN=C=O)cc2)C(=O)C1. The first kappa shape index (κ1) is 12.5. The highest BCUT2D eigenvalue weighted by atomic mass is 16.2. The van der Waals surface area contributed by atoms with Crippen LogP contribution in [0.4, 0.5) is 5.69 Å². The summed E-state index contributed by atoms with van der Waals surface area (Å²) in [6.07, 6.45) is 1.51. The van der Waals surface area contributed by atoms with E-state index in [1.54, 1.807) is 4.90 Å². The highest BCUT2D eigenvalue weighted by Gasteiger charge is 2.22. The third-order valence-electron chi connectivity index (χ3n) is 2.99. The molecule has 1 saturated heterocycles. The molecule has 5 heteroatoms. The molecule has 0 aliphatic carbocycles. The number of carbonyl (C=O) groups is 1. The second-order valence-electron chi connectivity index (χ2n) is 4.36. The molecule has 1 aromatic carbocycles. The zero-order valence-electron chi connectivity index (χ0n) is 10.3. The van der Waals surface area contributed by atoms with Gasteiger partial charge in [-0.3, -0.25) is 9.69 Å². The molecule has 1 amide bonds. The zero-order chi connectivity index (χ0) is 13.0. The summed E-state index contributed by atoms with van der Waals surface area (Å²) in [7, 11) is 1.94. The van der Waals surface area contributed by atoms with Crippen molar-refractivity contribution in [3.63, 3.8) is 0 Å². The number of rotatable bonds is 3. The van der Waals surface area contributed by atoms with E-state index in [2.05, 4.69) is 4.99 Å². The second kappa shape index (κ2) is 5.58. The van der Waals surface area contributed by atoms with Crippen molar-refractivity contribution in [3.05, 3.63) is 29.8 Å². The van der Waals surface area contributed by atoms with Crippen molar-refractivity contribution in [2.45, 2.75) is 6.54 Å². The average molecular weight is 245 g/mol. The van der Waals surface area contributed by atoms with Crippen LogP contribution in [0.5, 0.6) is 0 Å². The molecule has 0 bridgehead atoms. The van der Waals surface area contributed by atoms with Gasteiger partial charge in [-0.1, -0.05) is 12.1 Å². The molecule has 1 aromatic rings. The van der Waals surface area contributed by atoms with Gasteiger partial charge in [0.1, 0.15) is 0 Å². The van der Waals surface area contributed by atoms with Gasteiger partial charge in [-0.2, -0.15) is 0 Å². The van der Waals surface area contributed by atoms with Crippen LogP contribution >= 0.6 is 0 Å². The van der Waals surface area contributed by atoms with Crippen LogP contribution in [0.2, 0.25) is 0 Å². The minimum Gasteiger partial charge on any atom is -0.310 e. The largest absolute Gasteiger partial charge is 0.310 e. The van der Waals surface area contributed by atoms with Gasteiger partial charge in [0.25, 0.3) is 0 Å². The summed E-state index contributed by atoms with van der Waals surface area (Å²) in [5, 5.41) is 0. The van der Waals surface area contributed by atoms with Crippen LogP contribution < -0.4 is 4.90 Å². The van der Waals surface area contributed by atoms with E-state index in [1.807, 2.05) is 36.2 Å². The van der Waals surface area contributed by atoms with Crippen LogP contribution in [0.25, 0.3) is 0 Å². The first-order valence-electron chi connectivity index (χ1n) is 5.82.